The van der Waals surface area contributed by atoms with Crippen LogP contribution in [0.5, 0.6) is 0 Å². The molecule has 128 valence electrons. The lowest BCUT2D eigenvalue weighted by molar-refractivity contribution is 0.0986. The van der Waals surface area contributed by atoms with E-state index in [1.165, 1.54) is 6.07 Å². The Morgan fingerprint density at radius 1 is 1.24 bits per heavy atom. The van der Waals surface area contributed by atoms with Gasteiger partial charge in [0.15, 0.2) is 5.65 Å². The molecular formula is C19H19FN4O. The van der Waals surface area contributed by atoms with E-state index in [2.05, 4.69) is 10.1 Å². The van der Waals surface area contributed by atoms with Crippen molar-refractivity contribution >= 4 is 22.6 Å². The standard InChI is InChI=1S/C19H19FN4O/c1-11-7-14(20)9-13-5-4-6-24(17(11)13)19(25)15-8-12(2)22-18-16(15)10-21-23(18)3/h7-10H,4-6H2,1-3H3. The SMILES string of the molecule is Cc1cc(C(=O)N2CCCc3cc(F)cc(C)c32)c2cnn(C)c2n1. The largest absolute Gasteiger partial charge is 0.308 e. The van der Waals surface area contributed by atoms with Crippen LogP contribution in [0.4, 0.5) is 10.1 Å². The number of pyridine rings is 1. The van der Waals surface area contributed by atoms with Crippen molar-refractivity contribution in [3.63, 3.8) is 0 Å². The summed E-state index contributed by atoms with van der Waals surface area (Å²) in [5.74, 6) is -0.334. The minimum atomic E-state index is -0.250. The van der Waals surface area contributed by atoms with E-state index in [1.54, 1.807) is 27.9 Å². The Balaban J connectivity index is 1.87. The number of carbonyl (C=O) groups excluding carboxylic acids is 1. The summed E-state index contributed by atoms with van der Waals surface area (Å²) in [6, 6.07) is 4.83. The Labute approximate surface area is 145 Å². The van der Waals surface area contributed by atoms with Crippen LogP contribution < -0.4 is 4.90 Å². The number of hydrogen-bond acceptors (Lipinski definition) is 3. The van der Waals surface area contributed by atoms with Gasteiger partial charge in [-0.3, -0.25) is 9.48 Å². The molecule has 0 saturated heterocycles. The van der Waals surface area contributed by atoms with Gasteiger partial charge in [-0.1, -0.05) is 0 Å². The van der Waals surface area contributed by atoms with Crippen molar-refractivity contribution in [3.05, 3.63) is 52.6 Å². The van der Waals surface area contributed by atoms with E-state index in [4.69, 9.17) is 0 Å². The fourth-order valence-electron chi connectivity index (χ4n) is 3.69. The van der Waals surface area contributed by atoms with Gasteiger partial charge in [-0.05, 0) is 56.0 Å². The van der Waals surface area contributed by atoms with E-state index in [0.29, 0.717) is 17.8 Å². The predicted molar refractivity (Wildman–Crippen MR) is 94.4 cm³/mol. The molecule has 2 aromatic heterocycles. The Hall–Kier alpha value is -2.76. The van der Waals surface area contributed by atoms with Gasteiger partial charge in [0, 0.05) is 19.3 Å². The second-order valence-electron chi connectivity index (χ2n) is 6.61. The van der Waals surface area contributed by atoms with Crippen molar-refractivity contribution in [1.29, 1.82) is 0 Å². The van der Waals surface area contributed by atoms with Crippen molar-refractivity contribution < 1.29 is 9.18 Å². The van der Waals surface area contributed by atoms with Crippen LogP contribution in [0.15, 0.2) is 24.4 Å². The molecule has 0 N–H and O–H groups in total. The van der Waals surface area contributed by atoms with Gasteiger partial charge in [0.25, 0.3) is 5.91 Å². The highest BCUT2D eigenvalue weighted by Gasteiger charge is 2.27. The maximum absolute atomic E-state index is 13.7. The van der Waals surface area contributed by atoms with E-state index in [9.17, 15) is 9.18 Å². The maximum Gasteiger partial charge on any atom is 0.259 e. The molecule has 6 heteroatoms. The number of hydrogen-bond donors (Lipinski definition) is 0. The highest BCUT2D eigenvalue weighted by Crippen LogP contribution is 2.33. The van der Waals surface area contributed by atoms with Crippen LogP contribution >= 0.6 is 0 Å². The van der Waals surface area contributed by atoms with Gasteiger partial charge >= 0.3 is 0 Å². The number of fused-ring (bicyclic) bond motifs is 2. The molecule has 0 fully saturated rings. The maximum atomic E-state index is 13.7. The molecule has 25 heavy (non-hydrogen) atoms. The van der Waals surface area contributed by atoms with Crippen molar-refractivity contribution in [1.82, 2.24) is 14.8 Å². The van der Waals surface area contributed by atoms with Crippen LogP contribution in [0.3, 0.4) is 0 Å². The number of nitrogens with zero attached hydrogens (tertiary/aromatic N) is 4. The van der Waals surface area contributed by atoms with E-state index in [-0.39, 0.29) is 11.7 Å². The Morgan fingerprint density at radius 2 is 2.04 bits per heavy atom. The Morgan fingerprint density at radius 3 is 2.84 bits per heavy atom. The second-order valence-corrected chi connectivity index (χ2v) is 6.61. The molecule has 1 aliphatic heterocycles. The zero-order valence-corrected chi connectivity index (χ0v) is 14.5. The molecule has 3 heterocycles. The van der Waals surface area contributed by atoms with Gasteiger partial charge in [-0.25, -0.2) is 9.37 Å². The number of amides is 1. The number of carbonyl (C=O) groups is 1. The van der Waals surface area contributed by atoms with E-state index in [0.717, 1.165) is 40.7 Å². The first-order valence-corrected chi connectivity index (χ1v) is 8.36. The molecule has 0 atom stereocenters. The van der Waals surface area contributed by atoms with Gasteiger partial charge in [-0.15, -0.1) is 0 Å². The van der Waals surface area contributed by atoms with Crippen LogP contribution in [-0.2, 0) is 13.5 Å². The highest BCUT2D eigenvalue weighted by atomic mass is 19.1. The Kier molecular flexibility index (Phi) is 3.56. The summed E-state index contributed by atoms with van der Waals surface area (Å²) in [7, 11) is 1.81. The third-order valence-corrected chi connectivity index (χ3v) is 4.75. The van der Waals surface area contributed by atoms with Crippen molar-refractivity contribution in [2.45, 2.75) is 26.7 Å². The highest BCUT2D eigenvalue weighted by molar-refractivity contribution is 6.13. The van der Waals surface area contributed by atoms with E-state index >= 15 is 0 Å². The number of aromatic nitrogens is 3. The molecule has 0 spiro atoms. The summed E-state index contributed by atoms with van der Waals surface area (Å²) in [6.07, 6.45) is 3.29. The molecular weight excluding hydrogens is 319 g/mol. The van der Waals surface area contributed by atoms with E-state index in [1.807, 2.05) is 20.9 Å². The van der Waals surface area contributed by atoms with Crippen LogP contribution in [0.2, 0.25) is 0 Å². The van der Waals surface area contributed by atoms with Crippen LogP contribution in [0.25, 0.3) is 11.0 Å². The zero-order valence-electron chi connectivity index (χ0n) is 14.5. The summed E-state index contributed by atoms with van der Waals surface area (Å²) in [6.45, 7) is 4.35. The number of anilines is 1. The molecule has 0 unspecified atom stereocenters. The van der Waals surface area contributed by atoms with Crippen molar-refractivity contribution in [3.8, 4) is 0 Å². The summed E-state index contributed by atoms with van der Waals surface area (Å²) in [5.41, 5.74) is 4.57. The lowest BCUT2D eigenvalue weighted by atomic mass is 9.97. The summed E-state index contributed by atoms with van der Waals surface area (Å²) in [5, 5.41) is 4.97. The first-order valence-electron chi connectivity index (χ1n) is 8.36. The van der Waals surface area contributed by atoms with Crippen LogP contribution in [-0.4, -0.2) is 27.2 Å². The average molecular weight is 338 g/mol. The average Bonchev–Trinajstić information content (AvgIpc) is 2.93. The summed E-state index contributed by atoms with van der Waals surface area (Å²) < 4.78 is 15.4. The van der Waals surface area contributed by atoms with Gasteiger partial charge in [0.2, 0.25) is 0 Å². The number of aryl methyl sites for hydroxylation is 4. The van der Waals surface area contributed by atoms with Crippen LogP contribution in [0.1, 0.15) is 33.6 Å². The fraction of sp³-hybridized carbons (Fsp3) is 0.316. The molecule has 1 aromatic carbocycles. The smallest absolute Gasteiger partial charge is 0.259 e. The van der Waals surface area contributed by atoms with Crippen LogP contribution in [0, 0.1) is 19.7 Å². The van der Waals surface area contributed by atoms with Gasteiger partial charge in [-0.2, -0.15) is 5.10 Å². The Bertz CT molecular complexity index is 1010. The monoisotopic (exact) mass is 338 g/mol. The lowest BCUT2D eigenvalue weighted by Gasteiger charge is -2.31. The molecule has 1 amide bonds. The first-order chi connectivity index (χ1) is 12.0. The van der Waals surface area contributed by atoms with E-state index < -0.39 is 0 Å². The summed E-state index contributed by atoms with van der Waals surface area (Å²) >= 11 is 0. The zero-order chi connectivity index (χ0) is 17.7. The molecule has 4 rings (SSSR count). The van der Waals surface area contributed by atoms with Gasteiger partial charge < -0.3 is 4.90 Å². The lowest BCUT2D eigenvalue weighted by Crippen LogP contribution is -2.36. The fourth-order valence-corrected chi connectivity index (χ4v) is 3.69. The third kappa shape index (κ3) is 2.49. The number of halogens is 1. The number of rotatable bonds is 1. The molecule has 0 aliphatic carbocycles. The molecule has 0 bridgehead atoms. The van der Waals surface area contributed by atoms with Gasteiger partial charge in [0.1, 0.15) is 5.82 Å². The number of benzene rings is 1. The molecule has 1 aliphatic rings. The molecule has 5 nitrogen and oxygen atoms in total. The minimum Gasteiger partial charge on any atom is -0.308 e. The molecule has 0 saturated carbocycles. The minimum absolute atomic E-state index is 0.0841. The second kappa shape index (κ2) is 5.65. The van der Waals surface area contributed by atoms with Gasteiger partial charge in [0.05, 0.1) is 22.8 Å². The van der Waals surface area contributed by atoms with Crippen molar-refractivity contribution in [2.24, 2.45) is 7.05 Å². The quantitative estimate of drug-likeness (QED) is 0.684. The molecule has 3 aromatic rings. The molecule has 0 radical (unpaired) electrons. The summed E-state index contributed by atoms with van der Waals surface area (Å²) in [4.78, 5) is 19.6. The van der Waals surface area contributed by atoms with Crippen molar-refractivity contribution in [2.75, 3.05) is 11.4 Å². The predicted octanol–water partition coefficient (Wildman–Crippen LogP) is 3.32. The normalized spacial score (nSPS) is 14.0. The first kappa shape index (κ1) is 15.7. The topological polar surface area (TPSA) is 51.0 Å². The third-order valence-electron chi connectivity index (χ3n) is 4.75.